The van der Waals surface area contributed by atoms with E-state index in [-0.39, 0.29) is 29.7 Å². The molecule has 4 rings (SSSR count). The van der Waals surface area contributed by atoms with Gasteiger partial charge < -0.3 is 10.2 Å². The summed E-state index contributed by atoms with van der Waals surface area (Å²) < 4.78 is 28.4. The predicted octanol–water partition coefficient (Wildman–Crippen LogP) is 3.10. The van der Waals surface area contributed by atoms with E-state index in [1.165, 1.54) is 5.56 Å². The Kier molecular flexibility index (Phi) is 8.00. The van der Waals surface area contributed by atoms with Gasteiger partial charge in [0.15, 0.2) is 0 Å². The summed E-state index contributed by atoms with van der Waals surface area (Å²) in [6, 6.07) is 14.2. The Morgan fingerprint density at radius 2 is 1.74 bits per heavy atom. The van der Waals surface area contributed by atoms with Gasteiger partial charge in [0, 0.05) is 13.1 Å². The van der Waals surface area contributed by atoms with Gasteiger partial charge in [0.2, 0.25) is 21.8 Å². The molecule has 0 spiro atoms. The molecule has 2 N–H and O–H groups in total. The lowest BCUT2D eigenvalue weighted by Crippen LogP contribution is -2.44. The number of rotatable bonds is 5. The van der Waals surface area contributed by atoms with Crippen LogP contribution in [0.3, 0.4) is 0 Å². The maximum Gasteiger partial charge on any atom is 0.241 e. The summed E-state index contributed by atoms with van der Waals surface area (Å²) in [6.45, 7) is 0.769. The minimum atomic E-state index is -3.82. The van der Waals surface area contributed by atoms with Crippen LogP contribution in [0.5, 0.6) is 0 Å². The van der Waals surface area contributed by atoms with Crippen LogP contribution in [0.1, 0.15) is 61.3 Å². The number of aryl methyl sites for hydroxylation is 2. The minimum Gasteiger partial charge on any atom is -0.356 e. The Morgan fingerprint density at radius 1 is 0.971 bits per heavy atom. The van der Waals surface area contributed by atoms with Crippen molar-refractivity contribution >= 4 is 21.8 Å². The van der Waals surface area contributed by atoms with E-state index >= 15 is 0 Å². The fraction of sp³-hybridized carbons (Fsp3) is 0.462. The maximum absolute atomic E-state index is 13.4. The zero-order chi connectivity index (χ0) is 24.0. The van der Waals surface area contributed by atoms with Gasteiger partial charge in [0.25, 0.3) is 0 Å². The molecule has 34 heavy (non-hydrogen) atoms. The van der Waals surface area contributed by atoms with Crippen molar-refractivity contribution in [3.63, 3.8) is 0 Å². The van der Waals surface area contributed by atoms with E-state index in [1.807, 2.05) is 36.4 Å². The highest BCUT2D eigenvalue weighted by molar-refractivity contribution is 7.89. The van der Waals surface area contributed by atoms with Crippen molar-refractivity contribution in [2.24, 2.45) is 0 Å². The van der Waals surface area contributed by atoms with E-state index in [9.17, 15) is 18.0 Å². The van der Waals surface area contributed by atoms with Crippen molar-refractivity contribution < 1.29 is 18.0 Å². The van der Waals surface area contributed by atoms with Crippen LogP contribution in [-0.4, -0.2) is 44.8 Å². The molecule has 2 aromatic rings. The summed E-state index contributed by atoms with van der Waals surface area (Å²) >= 11 is 0. The highest BCUT2D eigenvalue weighted by Gasteiger charge is 2.29. The molecular weight excluding hydrogens is 450 g/mol. The number of fused-ring (bicyclic) bond motifs is 1. The second-order valence-electron chi connectivity index (χ2n) is 9.09. The fourth-order valence-electron chi connectivity index (χ4n) is 4.83. The van der Waals surface area contributed by atoms with Gasteiger partial charge in [-0.2, -0.15) is 0 Å². The molecule has 2 amide bonds. The minimum absolute atomic E-state index is 0.104. The monoisotopic (exact) mass is 483 g/mol. The largest absolute Gasteiger partial charge is 0.356 e. The Balaban J connectivity index is 1.52. The molecule has 1 heterocycles. The number of sulfonamides is 1. The SMILES string of the molecule is O=C1CC(c2ccccc2)N(C(=O)CNS(=O)(=O)c2ccc3c(c2)CCC3)CCCCCCN1. The first-order valence-corrected chi connectivity index (χ1v) is 13.6. The molecular formula is C26H33N3O4S. The zero-order valence-electron chi connectivity index (χ0n) is 19.5. The first-order valence-electron chi connectivity index (χ1n) is 12.2. The van der Waals surface area contributed by atoms with Crippen LogP contribution in [0.25, 0.3) is 0 Å². The Hall–Kier alpha value is -2.71. The topological polar surface area (TPSA) is 95.6 Å². The number of carbonyl (C=O) groups is 2. The van der Waals surface area contributed by atoms with E-state index in [0.29, 0.717) is 13.1 Å². The third-order valence-electron chi connectivity index (χ3n) is 6.70. The van der Waals surface area contributed by atoms with Crippen LogP contribution < -0.4 is 10.0 Å². The van der Waals surface area contributed by atoms with Crippen LogP contribution >= 0.6 is 0 Å². The van der Waals surface area contributed by atoms with Crippen molar-refractivity contribution in [2.45, 2.75) is 62.3 Å². The van der Waals surface area contributed by atoms with Crippen LogP contribution in [-0.2, 0) is 32.5 Å². The predicted molar refractivity (Wildman–Crippen MR) is 131 cm³/mol. The molecule has 8 heteroatoms. The molecule has 0 radical (unpaired) electrons. The average molecular weight is 484 g/mol. The third kappa shape index (κ3) is 6.04. The molecule has 1 aliphatic carbocycles. The van der Waals surface area contributed by atoms with Crippen molar-refractivity contribution in [3.05, 3.63) is 65.2 Å². The van der Waals surface area contributed by atoms with Crippen molar-refractivity contribution in [1.82, 2.24) is 14.9 Å². The van der Waals surface area contributed by atoms with E-state index < -0.39 is 16.1 Å². The highest BCUT2D eigenvalue weighted by atomic mass is 32.2. The standard InChI is InChI=1S/C26H33N3O4S/c30-25-18-24(21-9-4-3-5-10-21)29(16-7-2-1-6-15-27-25)26(31)19-28-34(32,33)23-14-13-20-11-8-12-22(20)17-23/h3-5,9-10,13-14,17,24,28H,1-2,6-8,11-12,15-16,18-19H2,(H,27,30). The van der Waals surface area contributed by atoms with Gasteiger partial charge in [-0.05, 0) is 60.9 Å². The number of nitrogens with one attached hydrogen (secondary N) is 2. The lowest BCUT2D eigenvalue weighted by molar-refractivity contribution is -0.134. The summed E-state index contributed by atoms with van der Waals surface area (Å²) in [5.74, 6) is -0.432. The lowest BCUT2D eigenvalue weighted by Gasteiger charge is -2.32. The summed E-state index contributed by atoms with van der Waals surface area (Å²) in [7, 11) is -3.82. The Morgan fingerprint density at radius 3 is 2.56 bits per heavy atom. The van der Waals surface area contributed by atoms with Gasteiger partial charge in [-0.25, -0.2) is 13.1 Å². The fourth-order valence-corrected chi connectivity index (χ4v) is 5.86. The summed E-state index contributed by atoms with van der Waals surface area (Å²) in [5.41, 5.74) is 3.13. The van der Waals surface area contributed by atoms with Crippen LogP contribution in [0, 0.1) is 0 Å². The van der Waals surface area contributed by atoms with Crippen molar-refractivity contribution in [2.75, 3.05) is 19.6 Å². The Labute approximate surface area is 202 Å². The molecule has 1 atom stereocenters. The van der Waals surface area contributed by atoms with Gasteiger partial charge >= 0.3 is 0 Å². The number of benzene rings is 2. The quantitative estimate of drug-likeness (QED) is 0.683. The average Bonchev–Trinajstić information content (AvgIpc) is 3.30. The van der Waals surface area contributed by atoms with E-state index in [4.69, 9.17) is 0 Å². The maximum atomic E-state index is 13.4. The highest BCUT2D eigenvalue weighted by Crippen LogP contribution is 2.27. The summed E-state index contributed by atoms with van der Waals surface area (Å²) in [5, 5.41) is 2.95. The molecule has 1 aliphatic heterocycles. The van der Waals surface area contributed by atoms with Gasteiger partial charge in [-0.15, -0.1) is 0 Å². The van der Waals surface area contributed by atoms with Gasteiger partial charge in [-0.1, -0.05) is 49.2 Å². The molecule has 2 aromatic carbocycles. The van der Waals surface area contributed by atoms with Crippen molar-refractivity contribution in [3.8, 4) is 0 Å². The second-order valence-corrected chi connectivity index (χ2v) is 10.9. The molecule has 0 aromatic heterocycles. The molecule has 1 unspecified atom stereocenters. The van der Waals surface area contributed by atoms with E-state index in [2.05, 4.69) is 10.0 Å². The summed E-state index contributed by atoms with van der Waals surface area (Å²) in [6.07, 6.45) is 6.68. The number of amides is 2. The number of hydrogen-bond donors (Lipinski definition) is 2. The number of hydrogen-bond acceptors (Lipinski definition) is 4. The normalized spacial score (nSPS) is 19.7. The van der Waals surface area contributed by atoms with Crippen LogP contribution in [0.15, 0.2) is 53.4 Å². The smallest absolute Gasteiger partial charge is 0.241 e. The zero-order valence-corrected chi connectivity index (χ0v) is 20.3. The lowest BCUT2D eigenvalue weighted by atomic mass is 10.0. The molecule has 182 valence electrons. The molecule has 0 bridgehead atoms. The van der Waals surface area contributed by atoms with Gasteiger partial charge in [-0.3, -0.25) is 9.59 Å². The van der Waals surface area contributed by atoms with Gasteiger partial charge in [0.1, 0.15) is 0 Å². The first kappa shape index (κ1) is 24.4. The number of nitrogens with zero attached hydrogens (tertiary/aromatic N) is 1. The molecule has 1 saturated heterocycles. The van der Waals surface area contributed by atoms with Gasteiger partial charge in [0.05, 0.1) is 23.9 Å². The third-order valence-corrected chi connectivity index (χ3v) is 8.10. The second kappa shape index (κ2) is 11.1. The summed E-state index contributed by atoms with van der Waals surface area (Å²) in [4.78, 5) is 27.8. The van der Waals surface area contributed by atoms with Crippen molar-refractivity contribution in [1.29, 1.82) is 0 Å². The molecule has 2 aliphatic rings. The van der Waals surface area contributed by atoms with E-state index in [0.717, 1.165) is 56.1 Å². The molecule has 7 nitrogen and oxygen atoms in total. The van der Waals surface area contributed by atoms with E-state index in [1.54, 1.807) is 17.0 Å². The Bertz CT molecular complexity index is 1120. The van der Waals surface area contributed by atoms with Crippen LogP contribution in [0.4, 0.5) is 0 Å². The number of carbonyl (C=O) groups excluding carboxylic acids is 2. The first-order chi connectivity index (χ1) is 16.4. The van der Waals surface area contributed by atoms with Crippen LogP contribution in [0.2, 0.25) is 0 Å². The molecule has 1 fully saturated rings. The molecule has 0 saturated carbocycles.